The molecule has 1 aromatic rings. The van der Waals surface area contributed by atoms with E-state index in [1.54, 1.807) is 31.0 Å². The molecule has 104 valence electrons. The third-order valence-electron chi connectivity index (χ3n) is 2.97. The zero-order valence-electron chi connectivity index (χ0n) is 11.5. The first-order valence-electron chi connectivity index (χ1n) is 6.51. The van der Waals surface area contributed by atoms with Gasteiger partial charge in [-0.15, -0.1) is 0 Å². The van der Waals surface area contributed by atoms with Gasteiger partial charge < -0.3 is 10.0 Å². The van der Waals surface area contributed by atoms with Gasteiger partial charge in [-0.2, -0.15) is 0 Å². The Hall–Kier alpha value is -1.68. The molecule has 0 heterocycles. The van der Waals surface area contributed by atoms with Gasteiger partial charge in [0.05, 0.1) is 6.10 Å². The van der Waals surface area contributed by atoms with Crippen molar-refractivity contribution in [2.24, 2.45) is 0 Å². The van der Waals surface area contributed by atoms with Crippen LogP contribution in [0.25, 0.3) is 0 Å². The topological polar surface area (TPSA) is 57.6 Å². The molecule has 1 atom stereocenters. The molecular weight excluding hydrogens is 242 g/mol. The highest BCUT2D eigenvalue weighted by Gasteiger charge is 2.12. The van der Waals surface area contributed by atoms with Crippen LogP contribution in [-0.2, 0) is 4.79 Å². The van der Waals surface area contributed by atoms with Gasteiger partial charge >= 0.3 is 0 Å². The average molecular weight is 263 g/mol. The summed E-state index contributed by atoms with van der Waals surface area (Å²) in [5.74, 6) is -0.0807. The highest BCUT2D eigenvalue weighted by atomic mass is 16.3. The SMILES string of the molecule is CC(O)CCN(C)C(=O)CCC(=O)c1ccccc1. The second-order valence-corrected chi connectivity index (χ2v) is 4.74. The van der Waals surface area contributed by atoms with Crippen molar-refractivity contribution in [3.8, 4) is 0 Å². The summed E-state index contributed by atoms with van der Waals surface area (Å²) in [6.07, 6.45) is 0.571. The summed E-state index contributed by atoms with van der Waals surface area (Å²) in [7, 11) is 1.69. The number of rotatable bonds is 7. The van der Waals surface area contributed by atoms with Crippen molar-refractivity contribution >= 4 is 11.7 Å². The fraction of sp³-hybridized carbons (Fsp3) is 0.467. The molecule has 0 aliphatic heterocycles. The second kappa shape index (κ2) is 7.69. The Morgan fingerprint density at radius 3 is 2.42 bits per heavy atom. The molecular formula is C15H21NO3. The van der Waals surface area contributed by atoms with E-state index in [1.165, 1.54) is 0 Å². The molecule has 0 bridgehead atoms. The molecule has 19 heavy (non-hydrogen) atoms. The lowest BCUT2D eigenvalue weighted by Crippen LogP contribution is -2.29. The monoisotopic (exact) mass is 263 g/mol. The summed E-state index contributed by atoms with van der Waals surface area (Å²) < 4.78 is 0. The lowest BCUT2D eigenvalue weighted by Gasteiger charge is -2.17. The van der Waals surface area contributed by atoms with Crippen LogP contribution in [-0.4, -0.2) is 41.4 Å². The summed E-state index contributed by atoms with van der Waals surface area (Å²) in [5, 5.41) is 9.16. The zero-order valence-corrected chi connectivity index (χ0v) is 11.5. The van der Waals surface area contributed by atoms with Gasteiger partial charge in [-0.05, 0) is 13.3 Å². The van der Waals surface area contributed by atoms with Gasteiger partial charge in [0, 0.05) is 32.0 Å². The maximum atomic E-state index is 11.8. The van der Waals surface area contributed by atoms with E-state index in [4.69, 9.17) is 5.11 Å². The molecule has 0 radical (unpaired) electrons. The summed E-state index contributed by atoms with van der Waals surface area (Å²) in [6, 6.07) is 8.98. The first kappa shape index (κ1) is 15.4. The normalized spacial score (nSPS) is 11.9. The van der Waals surface area contributed by atoms with Gasteiger partial charge in [0.1, 0.15) is 0 Å². The summed E-state index contributed by atoms with van der Waals surface area (Å²) in [4.78, 5) is 25.2. The fourth-order valence-electron chi connectivity index (χ4n) is 1.68. The van der Waals surface area contributed by atoms with Crippen molar-refractivity contribution < 1.29 is 14.7 Å². The lowest BCUT2D eigenvalue weighted by molar-refractivity contribution is -0.130. The number of hydrogen-bond donors (Lipinski definition) is 1. The van der Waals surface area contributed by atoms with Gasteiger partial charge in [0.15, 0.2) is 5.78 Å². The highest BCUT2D eigenvalue weighted by molar-refractivity contribution is 5.97. The highest BCUT2D eigenvalue weighted by Crippen LogP contribution is 2.06. The predicted molar refractivity (Wildman–Crippen MR) is 73.9 cm³/mol. The van der Waals surface area contributed by atoms with E-state index in [2.05, 4.69) is 0 Å². The van der Waals surface area contributed by atoms with Crippen LogP contribution >= 0.6 is 0 Å². The number of hydrogen-bond acceptors (Lipinski definition) is 3. The van der Waals surface area contributed by atoms with Gasteiger partial charge in [0.25, 0.3) is 0 Å². The summed E-state index contributed by atoms with van der Waals surface area (Å²) in [6.45, 7) is 2.20. The maximum absolute atomic E-state index is 11.8. The maximum Gasteiger partial charge on any atom is 0.222 e. The van der Waals surface area contributed by atoms with Gasteiger partial charge in [0.2, 0.25) is 5.91 Å². The van der Waals surface area contributed by atoms with E-state index in [0.29, 0.717) is 18.5 Å². The van der Waals surface area contributed by atoms with Crippen LogP contribution in [0.15, 0.2) is 30.3 Å². The number of carbonyl (C=O) groups is 2. The molecule has 0 aromatic heterocycles. The van der Waals surface area contributed by atoms with E-state index in [1.807, 2.05) is 18.2 Å². The van der Waals surface area contributed by atoms with Crippen molar-refractivity contribution in [2.45, 2.75) is 32.3 Å². The summed E-state index contributed by atoms with van der Waals surface area (Å²) >= 11 is 0. The molecule has 4 heteroatoms. The molecule has 1 unspecified atom stereocenters. The van der Waals surface area contributed by atoms with Crippen molar-refractivity contribution in [1.82, 2.24) is 4.90 Å². The Morgan fingerprint density at radius 2 is 1.84 bits per heavy atom. The van der Waals surface area contributed by atoms with E-state index >= 15 is 0 Å². The van der Waals surface area contributed by atoms with Crippen molar-refractivity contribution in [1.29, 1.82) is 0 Å². The van der Waals surface area contributed by atoms with E-state index in [0.717, 1.165) is 0 Å². The minimum Gasteiger partial charge on any atom is -0.393 e. The standard InChI is InChI=1S/C15H21NO3/c1-12(17)10-11-16(2)15(19)9-8-14(18)13-6-4-3-5-7-13/h3-7,12,17H,8-11H2,1-2H3. The first-order valence-corrected chi connectivity index (χ1v) is 6.51. The molecule has 0 aliphatic rings. The molecule has 1 aromatic carbocycles. The molecule has 0 fully saturated rings. The van der Waals surface area contributed by atoms with E-state index in [-0.39, 0.29) is 24.5 Å². The van der Waals surface area contributed by atoms with E-state index in [9.17, 15) is 9.59 Å². The zero-order chi connectivity index (χ0) is 14.3. The third kappa shape index (κ3) is 5.66. The Labute approximate surface area is 114 Å². The molecule has 1 N–H and O–H groups in total. The van der Waals surface area contributed by atoms with Gasteiger partial charge in [-0.3, -0.25) is 9.59 Å². The fourth-order valence-corrected chi connectivity index (χ4v) is 1.68. The van der Waals surface area contributed by atoms with Gasteiger partial charge in [-0.25, -0.2) is 0 Å². The van der Waals surface area contributed by atoms with Crippen LogP contribution in [0, 0.1) is 0 Å². The number of nitrogens with zero attached hydrogens (tertiary/aromatic N) is 1. The van der Waals surface area contributed by atoms with Crippen molar-refractivity contribution in [3.63, 3.8) is 0 Å². The quantitative estimate of drug-likeness (QED) is 0.764. The second-order valence-electron chi connectivity index (χ2n) is 4.74. The number of aliphatic hydroxyl groups excluding tert-OH is 1. The Kier molecular flexibility index (Phi) is 6.22. The number of carbonyl (C=O) groups excluding carboxylic acids is 2. The largest absolute Gasteiger partial charge is 0.393 e. The number of aliphatic hydroxyl groups is 1. The molecule has 1 rings (SSSR count). The van der Waals surface area contributed by atoms with Crippen LogP contribution in [0.3, 0.4) is 0 Å². The minimum atomic E-state index is -0.416. The number of ketones is 1. The minimum absolute atomic E-state index is 0.0159. The smallest absolute Gasteiger partial charge is 0.222 e. The molecule has 4 nitrogen and oxygen atoms in total. The molecule has 0 spiro atoms. The number of amides is 1. The Bertz CT molecular complexity index is 415. The first-order chi connectivity index (χ1) is 9.00. The van der Waals surface area contributed by atoms with Crippen molar-refractivity contribution in [2.75, 3.05) is 13.6 Å². The molecule has 0 saturated carbocycles. The predicted octanol–water partition coefficient (Wildman–Crippen LogP) is 1.88. The average Bonchev–Trinajstić information content (AvgIpc) is 2.42. The number of benzene rings is 1. The van der Waals surface area contributed by atoms with Gasteiger partial charge in [-0.1, -0.05) is 30.3 Å². The number of Topliss-reactive ketones (excluding diaryl/α,β-unsaturated/α-hetero) is 1. The Balaban J connectivity index is 2.36. The third-order valence-corrected chi connectivity index (χ3v) is 2.97. The van der Waals surface area contributed by atoms with Crippen molar-refractivity contribution in [3.05, 3.63) is 35.9 Å². The van der Waals surface area contributed by atoms with Crippen LogP contribution in [0.4, 0.5) is 0 Å². The van der Waals surface area contributed by atoms with Crippen LogP contribution in [0.1, 0.15) is 36.5 Å². The lowest BCUT2D eigenvalue weighted by atomic mass is 10.1. The van der Waals surface area contributed by atoms with E-state index < -0.39 is 6.10 Å². The molecule has 1 amide bonds. The van der Waals surface area contributed by atoms with Crippen LogP contribution < -0.4 is 0 Å². The Morgan fingerprint density at radius 1 is 1.21 bits per heavy atom. The summed E-state index contributed by atoms with van der Waals surface area (Å²) in [5.41, 5.74) is 0.641. The molecule has 0 saturated heterocycles. The molecule has 0 aliphatic carbocycles. The van der Waals surface area contributed by atoms with Crippen LogP contribution in [0.2, 0.25) is 0 Å². The van der Waals surface area contributed by atoms with Crippen LogP contribution in [0.5, 0.6) is 0 Å².